The van der Waals surface area contributed by atoms with Crippen LogP contribution in [0.2, 0.25) is 0 Å². The van der Waals surface area contributed by atoms with Crippen LogP contribution in [-0.2, 0) is 4.79 Å². The van der Waals surface area contributed by atoms with Crippen molar-refractivity contribution in [1.29, 1.82) is 0 Å². The highest BCUT2D eigenvalue weighted by Crippen LogP contribution is 2.13. The first-order valence-corrected chi connectivity index (χ1v) is 9.49. The third-order valence-corrected chi connectivity index (χ3v) is 4.18. The Morgan fingerprint density at radius 2 is 1.14 bits per heavy atom. The summed E-state index contributed by atoms with van der Waals surface area (Å²) < 4.78 is 0. The van der Waals surface area contributed by atoms with Gasteiger partial charge in [0.05, 0.1) is 0 Å². The van der Waals surface area contributed by atoms with E-state index >= 15 is 0 Å². The van der Waals surface area contributed by atoms with E-state index in [2.05, 4.69) is 19.9 Å². The molecule has 124 valence electrons. The van der Waals surface area contributed by atoms with E-state index < -0.39 is 0 Å². The summed E-state index contributed by atoms with van der Waals surface area (Å²) in [7, 11) is 0. The molecule has 0 heterocycles. The van der Waals surface area contributed by atoms with Gasteiger partial charge in [0, 0.05) is 0 Å². The van der Waals surface area contributed by atoms with Gasteiger partial charge in [-0.3, -0.25) is 4.79 Å². The Morgan fingerprint density at radius 3 is 1.67 bits per heavy atom. The summed E-state index contributed by atoms with van der Waals surface area (Å²) in [5.74, 6) is 0. The molecule has 0 bridgehead atoms. The molecule has 0 aromatic rings. The van der Waals surface area contributed by atoms with Crippen LogP contribution in [0.4, 0.5) is 0 Å². The van der Waals surface area contributed by atoms with E-state index in [4.69, 9.17) is 0 Å². The van der Waals surface area contributed by atoms with Crippen molar-refractivity contribution in [2.24, 2.45) is 0 Å². The number of aldehydes is 1. The summed E-state index contributed by atoms with van der Waals surface area (Å²) in [5.41, 5.74) is 1.04. The van der Waals surface area contributed by atoms with Gasteiger partial charge in [0.1, 0.15) is 6.29 Å². The van der Waals surface area contributed by atoms with Gasteiger partial charge < -0.3 is 0 Å². The van der Waals surface area contributed by atoms with Crippen molar-refractivity contribution in [2.45, 2.75) is 110 Å². The van der Waals surface area contributed by atoms with Gasteiger partial charge in [0.2, 0.25) is 0 Å². The highest BCUT2D eigenvalue weighted by molar-refractivity contribution is 5.72. The second-order valence-corrected chi connectivity index (χ2v) is 6.32. The van der Waals surface area contributed by atoms with Crippen molar-refractivity contribution in [3.8, 4) is 0 Å². The predicted molar refractivity (Wildman–Crippen MR) is 94.8 cm³/mol. The van der Waals surface area contributed by atoms with Crippen LogP contribution in [0.5, 0.6) is 0 Å². The van der Waals surface area contributed by atoms with E-state index in [1.54, 1.807) is 0 Å². The molecular formula is C20H38O. The zero-order chi connectivity index (χ0) is 15.6. The average molecular weight is 295 g/mol. The van der Waals surface area contributed by atoms with Crippen LogP contribution in [0.15, 0.2) is 11.6 Å². The minimum atomic E-state index is 0.992. The lowest BCUT2D eigenvalue weighted by molar-refractivity contribution is -0.105. The minimum absolute atomic E-state index is 0.992. The topological polar surface area (TPSA) is 17.1 Å². The predicted octanol–water partition coefficient (Wildman–Crippen LogP) is 7.00. The first kappa shape index (κ1) is 20.4. The molecule has 0 radical (unpaired) electrons. The fraction of sp³-hybridized carbons (Fsp3) is 0.850. The second-order valence-electron chi connectivity index (χ2n) is 6.32. The molecule has 0 aromatic carbocycles. The molecule has 0 aromatic heterocycles. The van der Waals surface area contributed by atoms with Crippen molar-refractivity contribution in [3.05, 3.63) is 11.6 Å². The van der Waals surface area contributed by atoms with Crippen molar-refractivity contribution in [1.82, 2.24) is 0 Å². The summed E-state index contributed by atoms with van der Waals surface area (Å²) in [5, 5.41) is 0. The van der Waals surface area contributed by atoms with E-state index in [0.717, 1.165) is 24.7 Å². The van der Waals surface area contributed by atoms with Gasteiger partial charge in [-0.15, -0.1) is 0 Å². The summed E-state index contributed by atoms with van der Waals surface area (Å²) >= 11 is 0. The fourth-order valence-corrected chi connectivity index (χ4v) is 2.71. The van der Waals surface area contributed by atoms with Crippen molar-refractivity contribution >= 4 is 6.29 Å². The van der Waals surface area contributed by atoms with E-state index in [9.17, 15) is 4.79 Å². The van der Waals surface area contributed by atoms with Crippen LogP contribution >= 0.6 is 0 Å². The number of hydrogen-bond donors (Lipinski definition) is 0. The first-order chi connectivity index (χ1) is 10.3. The Balaban J connectivity index is 3.46. The third-order valence-electron chi connectivity index (χ3n) is 4.18. The highest BCUT2D eigenvalue weighted by Gasteiger charge is 1.97. The quantitative estimate of drug-likeness (QED) is 0.170. The summed E-state index contributed by atoms with van der Waals surface area (Å²) in [6.07, 6.45) is 22.6. The van der Waals surface area contributed by atoms with Crippen molar-refractivity contribution in [2.75, 3.05) is 0 Å². The van der Waals surface area contributed by atoms with Gasteiger partial charge in [-0.2, -0.15) is 0 Å². The minimum Gasteiger partial charge on any atom is -0.298 e. The molecular weight excluding hydrogens is 256 g/mol. The Hall–Kier alpha value is -0.590. The molecule has 21 heavy (non-hydrogen) atoms. The van der Waals surface area contributed by atoms with Gasteiger partial charge in [-0.05, 0) is 31.3 Å². The maximum absolute atomic E-state index is 11.0. The SMILES string of the molecule is CCCCCCCCC/C=C(\C=O)CCCCCCCC. The van der Waals surface area contributed by atoms with Crippen LogP contribution in [-0.4, -0.2) is 6.29 Å². The van der Waals surface area contributed by atoms with E-state index in [1.807, 2.05) is 0 Å². The van der Waals surface area contributed by atoms with Gasteiger partial charge >= 0.3 is 0 Å². The second kappa shape index (κ2) is 17.5. The molecule has 0 atom stereocenters. The molecule has 0 N–H and O–H groups in total. The van der Waals surface area contributed by atoms with Crippen molar-refractivity contribution in [3.63, 3.8) is 0 Å². The van der Waals surface area contributed by atoms with Crippen LogP contribution in [0, 0.1) is 0 Å². The van der Waals surface area contributed by atoms with Gasteiger partial charge in [-0.25, -0.2) is 0 Å². The smallest absolute Gasteiger partial charge is 0.145 e. The number of carbonyl (C=O) groups excluding carboxylic acids is 1. The van der Waals surface area contributed by atoms with E-state index in [1.165, 1.54) is 83.5 Å². The number of rotatable bonds is 16. The first-order valence-electron chi connectivity index (χ1n) is 9.49. The molecule has 0 unspecified atom stereocenters. The molecule has 0 aliphatic carbocycles. The lowest BCUT2D eigenvalue weighted by atomic mass is 10.0. The van der Waals surface area contributed by atoms with Gasteiger partial charge in [0.15, 0.2) is 0 Å². The lowest BCUT2D eigenvalue weighted by Gasteiger charge is -2.02. The van der Waals surface area contributed by atoms with Crippen LogP contribution in [0.3, 0.4) is 0 Å². The van der Waals surface area contributed by atoms with Gasteiger partial charge in [0.25, 0.3) is 0 Å². The van der Waals surface area contributed by atoms with Crippen LogP contribution in [0.1, 0.15) is 110 Å². The summed E-state index contributed by atoms with van der Waals surface area (Å²) in [6, 6.07) is 0. The molecule has 0 spiro atoms. The van der Waals surface area contributed by atoms with Crippen LogP contribution in [0.25, 0.3) is 0 Å². The highest BCUT2D eigenvalue weighted by atomic mass is 16.1. The van der Waals surface area contributed by atoms with E-state index in [-0.39, 0.29) is 0 Å². The Bertz CT molecular complexity index is 242. The zero-order valence-electron chi connectivity index (χ0n) is 14.7. The number of hydrogen-bond acceptors (Lipinski definition) is 1. The monoisotopic (exact) mass is 294 g/mol. The average Bonchev–Trinajstić information content (AvgIpc) is 2.51. The molecule has 0 rings (SSSR count). The molecule has 1 heteroatoms. The standard InChI is InChI=1S/C20H38O/c1-3-5-7-9-11-12-14-16-18-20(19-21)17-15-13-10-8-6-4-2/h18-19H,3-17H2,1-2H3/b20-18-. The lowest BCUT2D eigenvalue weighted by Crippen LogP contribution is -1.88. The number of allylic oxidation sites excluding steroid dienone is 2. The maximum Gasteiger partial charge on any atom is 0.145 e. The number of carbonyl (C=O) groups is 1. The normalized spacial score (nSPS) is 11.8. The molecule has 0 aliphatic heterocycles. The Kier molecular flexibility index (Phi) is 17.0. The molecule has 0 amide bonds. The fourth-order valence-electron chi connectivity index (χ4n) is 2.71. The zero-order valence-corrected chi connectivity index (χ0v) is 14.7. The Labute approximate surface area is 133 Å². The molecule has 1 nitrogen and oxygen atoms in total. The Morgan fingerprint density at radius 1 is 0.667 bits per heavy atom. The van der Waals surface area contributed by atoms with Crippen LogP contribution < -0.4 is 0 Å². The molecule has 0 saturated heterocycles. The molecule has 0 saturated carbocycles. The maximum atomic E-state index is 11.0. The van der Waals surface area contributed by atoms with E-state index in [0.29, 0.717) is 0 Å². The summed E-state index contributed by atoms with van der Waals surface area (Å²) in [4.78, 5) is 11.0. The molecule has 0 aliphatic rings. The number of unbranched alkanes of at least 4 members (excludes halogenated alkanes) is 12. The van der Waals surface area contributed by atoms with Gasteiger partial charge in [-0.1, -0.05) is 90.6 Å². The summed E-state index contributed by atoms with van der Waals surface area (Å²) in [6.45, 7) is 4.51. The van der Waals surface area contributed by atoms with Crippen molar-refractivity contribution < 1.29 is 4.79 Å². The third kappa shape index (κ3) is 15.6. The largest absolute Gasteiger partial charge is 0.298 e. The molecule has 0 fully saturated rings.